The predicted molar refractivity (Wildman–Crippen MR) is 102 cm³/mol. The van der Waals surface area contributed by atoms with E-state index in [0.717, 1.165) is 51.4 Å². The molecule has 0 aromatic rings. The number of halogens is 1. The van der Waals surface area contributed by atoms with Gasteiger partial charge in [0.2, 0.25) is 11.8 Å². The first-order chi connectivity index (χ1) is 11.7. The zero-order valence-electron chi connectivity index (χ0n) is 15.4. The molecule has 3 rings (SSSR count). The number of carbonyl (C=O) groups is 2. The summed E-state index contributed by atoms with van der Waals surface area (Å²) in [5.41, 5.74) is 0. The molecule has 0 radical (unpaired) electrons. The van der Waals surface area contributed by atoms with Crippen LogP contribution < -0.4 is 5.32 Å². The third-order valence-electron chi connectivity index (χ3n) is 6.08. The van der Waals surface area contributed by atoms with E-state index >= 15 is 0 Å². The topological polar surface area (TPSA) is 52.7 Å². The maximum absolute atomic E-state index is 12.5. The van der Waals surface area contributed by atoms with Gasteiger partial charge in [-0.2, -0.15) is 0 Å². The summed E-state index contributed by atoms with van der Waals surface area (Å²) in [4.78, 5) is 28.9. The lowest BCUT2D eigenvalue weighted by atomic mass is 9.86. The molecule has 0 bridgehead atoms. The van der Waals surface area contributed by atoms with Crippen LogP contribution in [-0.4, -0.2) is 60.9 Å². The lowest BCUT2D eigenvalue weighted by Crippen LogP contribution is -2.53. The summed E-state index contributed by atoms with van der Waals surface area (Å²) in [6.07, 6.45) is 10.5. The van der Waals surface area contributed by atoms with Crippen molar-refractivity contribution in [1.82, 2.24) is 15.1 Å². The Morgan fingerprint density at radius 1 is 0.880 bits per heavy atom. The zero-order valence-corrected chi connectivity index (χ0v) is 16.2. The molecule has 0 aromatic heterocycles. The minimum absolute atomic E-state index is 0. The molecule has 1 N–H and O–H groups in total. The van der Waals surface area contributed by atoms with Crippen molar-refractivity contribution in [3.63, 3.8) is 0 Å². The maximum atomic E-state index is 12.5. The van der Waals surface area contributed by atoms with Crippen LogP contribution in [0.2, 0.25) is 0 Å². The first kappa shape index (κ1) is 20.5. The first-order valence-electron chi connectivity index (χ1n) is 10.0. The predicted octanol–water partition coefficient (Wildman–Crippen LogP) is 2.44. The van der Waals surface area contributed by atoms with Crippen LogP contribution in [0.15, 0.2) is 0 Å². The summed E-state index contributed by atoms with van der Waals surface area (Å²) < 4.78 is 0. The van der Waals surface area contributed by atoms with Gasteiger partial charge in [0, 0.05) is 39.1 Å². The second-order valence-corrected chi connectivity index (χ2v) is 7.79. The van der Waals surface area contributed by atoms with Gasteiger partial charge in [-0.25, -0.2) is 0 Å². The fourth-order valence-electron chi connectivity index (χ4n) is 4.46. The Hall–Kier alpha value is -0.810. The molecule has 1 atom stereocenters. The standard InChI is InChI=1S/C19H33N3O2.ClH/c23-18(9-8-16-5-2-1-3-6-16)21-11-13-22(14-12-21)19(24)17-7-4-10-20-15-17;/h16-17,20H,1-15H2;1H. The Morgan fingerprint density at radius 2 is 1.56 bits per heavy atom. The van der Waals surface area contributed by atoms with Crippen molar-refractivity contribution in [2.75, 3.05) is 39.3 Å². The van der Waals surface area contributed by atoms with Crippen molar-refractivity contribution in [2.24, 2.45) is 11.8 Å². The normalized spacial score (nSPS) is 25.4. The zero-order chi connectivity index (χ0) is 16.8. The maximum Gasteiger partial charge on any atom is 0.227 e. The molecule has 0 aromatic carbocycles. The lowest BCUT2D eigenvalue weighted by molar-refractivity contribution is -0.142. The van der Waals surface area contributed by atoms with E-state index in [0.29, 0.717) is 25.4 Å². The highest BCUT2D eigenvalue weighted by molar-refractivity contribution is 5.85. The molecule has 2 heterocycles. The van der Waals surface area contributed by atoms with Crippen molar-refractivity contribution in [1.29, 1.82) is 0 Å². The fraction of sp³-hybridized carbons (Fsp3) is 0.895. The highest BCUT2D eigenvalue weighted by Crippen LogP contribution is 2.27. The molecule has 5 nitrogen and oxygen atoms in total. The van der Waals surface area contributed by atoms with Gasteiger partial charge >= 0.3 is 0 Å². The molecule has 1 aliphatic carbocycles. The van der Waals surface area contributed by atoms with E-state index in [1.807, 2.05) is 9.80 Å². The van der Waals surface area contributed by atoms with Gasteiger partial charge in [0.05, 0.1) is 5.92 Å². The molecular formula is C19H34ClN3O2. The number of amides is 2. The lowest BCUT2D eigenvalue weighted by Gasteiger charge is -2.37. The van der Waals surface area contributed by atoms with Gasteiger partial charge in [-0.3, -0.25) is 9.59 Å². The molecule has 2 amide bonds. The van der Waals surface area contributed by atoms with E-state index < -0.39 is 0 Å². The molecule has 3 fully saturated rings. The van der Waals surface area contributed by atoms with Crippen LogP contribution in [-0.2, 0) is 9.59 Å². The second-order valence-electron chi connectivity index (χ2n) is 7.79. The molecule has 3 aliphatic rings. The molecule has 2 saturated heterocycles. The largest absolute Gasteiger partial charge is 0.339 e. The highest BCUT2D eigenvalue weighted by Gasteiger charge is 2.29. The van der Waals surface area contributed by atoms with Crippen LogP contribution in [0.3, 0.4) is 0 Å². The molecule has 0 spiro atoms. The molecule has 6 heteroatoms. The molecule has 2 aliphatic heterocycles. The third-order valence-corrected chi connectivity index (χ3v) is 6.08. The van der Waals surface area contributed by atoms with Gasteiger partial charge in [0.15, 0.2) is 0 Å². The van der Waals surface area contributed by atoms with Crippen LogP contribution in [0.4, 0.5) is 0 Å². The minimum Gasteiger partial charge on any atom is -0.339 e. The van der Waals surface area contributed by atoms with Crippen LogP contribution in [0.1, 0.15) is 57.8 Å². The molecule has 1 saturated carbocycles. The van der Waals surface area contributed by atoms with Crippen molar-refractivity contribution < 1.29 is 9.59 Å². The van der Waals surface area contributed by atoms with Crippen LogP contribution >= 0.6 is 12.4 Å². The number of hydrogen-bond acceptors (Lipinski definition) is 3. The first-order valence-corrected chi connectivity index (χ1v) is 10.0. The number of carbonyl (C=O) groups excluding carboxylic acids is 2. The molecule has 1 unspecified atom stereocenters. The van der Waals surface area contributed by atoms with Gasteiger partial charge in [0.1, 0.15) is 0 Å². The van der Waals surface area contributed by atoms with Crippen molar-refractivity contribution >= 4 is 24.2 Å². The number of nitrogens with zero attached hydrogens (tertiary/aromatic N) is 2. The number of piperazine rings is 1. The van der Waals surface area contributed by atoms with Crippen molar-refractivity contribution in [2.45, 2.75) is 57.8 Å². The molecular weight excluding hydrogens is 338 g/mol. The van der Waals surface area contributed by atoms with E-state index in [1.165, 1.54) is 32.1 Å². The number of rotatable bonds is 4. The van der Waals surface area contributed by atoms with Gasteiger partial charge in [0.25, 0.3) is 0 Å². The van der Waals surface area contributed by atoms with Crippen molar-refractivity contribution in [3.05, 3.63) is 0 Å². The van der Waals surface area contributed by atoms with E-state index in [1.54, 1.807) is 0 Å². The second kappa shape index (κ2) is 10.4. The summed E-state index contributed by atoms with van der Waals surface area (Å²) in [5, 5.41) is 3.32. The van der Waals surface area contributed by atoms with Gasteiger partial charge in [-0.05, 0) is 31.7 Å². The Balaban J connectivity index is 0.00000225. The summed E-state index contributed by atoms with van der Waals surface area (Å²) >= 11 is 0. The van der Waals surface area contributed by atoms with Gasteiger partial charge < -0.3 is 15.1 Å². The Morgan fingerprint density at radius 3 is 2.20 bits per heavy atom. The van der Waals surface area contributed by atoms with Crippen molar-refractivity contribution in [3.8, 4) is 0 Å². The number of nitrogens with one attached hydrogen (secondary N) is 1. The Labute approximate surface area is 158 Å². The van der Waals surface area contributed by atoms with Crippen LogP contribution in [0, 0.1) is 11.8 Å². The van der Waals surface area contributed by atoms with Gasteiger partial charge in [-0.15, -0.1) is 12.4 Å². The Bertz CT molecular complexity index is 426. The third kappa shape index (κ3) is 5.85. The van der Waals surface area contributed by atoms with E-state index in [2.05, 4.69) is 5.32 Å². The van der Waals surface area contributed by atoms with E-state index in [4.69, 9.17) is 0 Å². The summed E-state index contributed by atoms with van der Waals surface area (Å²) in [6, 6.07) is 0. The Kier molecular flexibility index (Phi) is 8.50. The average Bonchev–Trinajstić information content (AvgIpc) is 2.67. The fourth-order valence-corrected chi connectivity index (χ4v) is 4.46. The quantitative estimate of drug-likeness (QED) is 0.825. The number of hydrogen-bond donors (Lipinski definition) is 1. The van der Waals surface area contributed by atoms with Crippen LogP contribution in [0.5, 0.6) is 0 Å². The monoisotopic (exact) mass is 371 g/mol. The molecule has 25 heavy (non-hydrogen) atoms. The van der Waals surface area contributed by atoms with Crippen LogP contribution in [0.25, 0.3) is 0 Å². The highest BCUT2D eigenvalue weighted by atomic mass is 35.5. The summed E-state index contributed by atoms with van der Waals surface area (Å²) in [5.74, 6) is 1.50. The van der Waals surface area contributed by atoms with E-state index in [-0.39, 0.29) is 24.2 Å². The summed E-state index contributed by atoms with van der Waals surface area (Å²) in [6.45, 7) is 4.71. The van der Waals surface area contributed by atoms with Gasteiger partial charge in [-0.1, -0.05) is 32.1 Å². The molecule has 144 valence electrons. The smallest absolute Gasteiger partial charge is 0.227 e. The number of piperidine rings is 1. The SMILES string of the molecule is Cl.O=C(CCC1CCCCC1)N1CCN(C(=O)C2CCCNC2)CC1. The summed E-state index contributed by atoms with van der Waals surface area (Å²) in [7, 11) is 0. The average molecular weight is 372 g/mol. The minimum atomic E-state index is 0. The van der Waals surface area contributed by atoms with E-state index in [9.17, 15) is 9.59 Å².